The first-order valence-corrected chi connectivity index (χ1v) is 7.14. The van der Waals surface area contributed by atoms with Crippen molar-refractivity contribution in [2.24, 2.45) is 0 Å². The van der Waals surface area contributed by atoms with Gasteiger partial charge in [0.1, 0.15) is 0 Å². The molecule has 0 fully saturated rings. The quantitative estimate of drug-likeness (QED) is 0.507. The minimum Gasteiger partial charge on any atom is -0.258 e. The molecule has 18 heavy (non-hydrogen) atoms. The van der Waals surface area contributed by atoms with Crippen LogP contribution in [0.3, 0.4) is 0 Å². The van der Waals surface area contributed by atoms with Crippen LogP contribution >= 0.6 is 15.9 Å². The normalized spacial score (nSPS) is 13.0. The standard InChI is InChI=1S/C10H11BrN2O4S/c1-3-7(2)12-18(16,17)10-6-8(11)4-5-9(10)13(14)15/h3-7,12H,1H2,2H3. The van der Waals surface area contributed by atoms with E-state index in [0.29, 0.717) is 4.47 Å². The first kappa shape index (κ1) is 14.8. The maximum absolute atomic E-state index is 12.0. The Kier molecular flexibility index (Phi) is 4.60. The fraction of sp³-hybridized carbons (Fsp3) is 0.200. The van der Waals surface area contributed by atoms with Crippen LogP contribution in [0.1, 0.15) is 6.92 Å². The number of nitrogens with zero attached hydrogens (tertiary/aromatic N) is 1. The second-order valence-corrected chi connectivity index (χ2v) is 6.11. The zero-order valence-electron chi connectivity index (χ0n) is 9.46. The maximum atomic E-state index is 12.0. The summed E-state index contributed by atoms with van der Waals surface area (Å²) in [6, 6.07) is 3.22. The molecule has 0 aliphatic rings. The van der Waals surface area contributed by atoms with E-state index in [-0.39, 0.29) is 4.90 Å². The minimum atomic E-state index is -3.96. The van der Waals surface area contributed by atoms with Gasteiger partial charge in [0.25, 0.3) is 5.69 Å². The zero-order valence-corrected chi connectivity index (χ0v) is 11.9. The van der Waals surface area contributed by atoms with Crippen LogP contribution in [0.5, 0.6) is 0 Å². The molecule has 0 amide bonds. The van der Waals surface area contributed by atoms with E-state index in [2.05, 4.69) is 27.2 Å². The van der Waals surface area contributed by atoms with Crippen LogP contribution in [0.15, 0.2) is 40.2 Å². The average molecular weight is 335 g/mol. The van der Waals surface area contributed by atoms with Crippen LogP contribution in [0.25, 0.3) is 0 Å². The largest absolute Gasteiger partial charge is 0.289 e. The summed E-state index contributed by atoms with van der Waals surface area (Å²) in [5, 5.41) is 10.8. The summed E-state index contributed by atoms with van der Waals surface area (Å²) in [6.45, 7) is 5.02. The van der Waals surface area contributed by atoms with Gasteiger partial charge >= 0.3 is 0 Å². The molecule has 8 heteroatoms. The number of nitro benzene ring substituents is 1. The van der Waals surface area contributed by atoms with Crippen LogP contribution in [-0.4, -0.2) is 19.4 Å². The fourth-order valence-electron chi connectivity index (χ4n) is 1.21. The Balaban J connectivity index is 3.35. The van der Waals surface area contributed by atoms with Gasteiger partial charge in [0.2, 0.25) is 10.0 Å². The van der Waals surface area contributed by atoms with Gasteiger partial charge in [-0.05, 0) is 19.1 Å². The smallest absolute Gasteiger partial charge is 0.258 e. The summed E-state index contributed by atoms with van der Waals surface area (Å²) in [5.74, 6) is 0. The van der Waals surface area contributed by atoms with Crippen molar-refractivity contribution < 1.29 is 13.3 Å². The summed E-state index contributed by atoms with van der Waals surface area (Å²) in [5.41, 5.74) is -0.470. The molecule has 0 heterocycles. The molecule has 6 nitrogen and oxygen atoms in total. The third kappa shape index (κ3) is 3.37. The summed E-state index contributed by atoms with van der Waals surface area (Å²) in [4.78, 5) is 9.70. The third-order valence-corrected chi connectivity index (χ3v) is 4.18. The first-order chi connectivity index (χ1) is 8.27. The first-order valence-electron chi connectivity index (χ1n) is 4.86. The summed E-state index contributed by atoms with van der Waals surface area (Å²) < 4.78 is 26.7. The van der Waals surface area contributed by atoms with Crippen molar-refractivity contribution in [3.8, 4) is 0 Å². The van der Waals surface area contributed by atoms with Gasteiger partial charge in [0.05, 0.1) is 4.92 Å². The number of benzene rings is 1. The van der Waals surface area contributed by atoms with Crippen LogP contribution < -0.4 is 4.72 Å². The van der Waals surface area contributed by atoms with E-state index in [9.17, 15) is 18.5 Å². The van der Waals surface area contributed by atoms with Crippen molar-refractivity contribution in [3.05, 3.63) is 45.4 Å². The summed E-state index contributed by atoms with van der Waals surface area (Å²) in [6.07, 6.45) is 1.39. The zero-order chi connectivity index (χ0) is 13.9. The van der Waals surface area contributed by atoms with Crippen LogP contribution in [-0.2, 0) is 10.0 Å². The Morgan fingerprint density at radius 3 is 2.67 bits per heavy atom. The highest BCUT2D eigenvalue weighted by molar-refractivity contribution is 9.10. The molecule has 0 bridgehead atoms. The number of nitrogens with one attached hydrogen (secondary N) is 1. The van der Waals surface area contributed by atoms with E-state index in [0.717, 1.165) is 6.07 Å². The van der Waals surface area contributed by atoms with Crippen LogP contribution in [0.2, 0.25) is 0 Å². The number of halogens is 1. The molecule has 98 valence electrons. The summed E-state index contributed by atoms with van der Waals surface area (Å²) in [7, 11) is -3.96. The molecule has 0 radical (unpaired) electrons. The van der Waals surface area contributed by atoms with Crippen molar-refractivity contribution >= 4 is 31.6 Å². The molecule has 1 rings (SSSR count). The second kappa shape index (κ2) is 5.59. The molecule has 1 atom stereocenters. The third-order valence-electron chi connectivity index (χ3n) is 2.10. The van der Waals surface area contributed by atoms with Crippen molar-refractivity contribution in [2.75, 3.05) is 0 Å². The SMILES string of the molecule is C=CC(C)NS(=O)(=O)c1cc(Br)ccc1[N+](=O)[O-]. The Morgan fingerprint density at radius 2 is 2.17 bits per heavy atom. The predicted octanol–water partition coefficient (Wildman–Crippen LogP) is 2.21. The minimum absolute atomic E-state index is 0.379. The molecule has 0 aromatic heterocycles. The van der Waals surface area contributed by atoms with E-state index >= 15 is 0 Å². The van der Waals surface area contributed by atoms with Crippen molar-refractivity contribution in [3.63, 3.8) is 0 Å². The molecule has 0 aliphatic carbocycles. The van der Waals surface area contributed by atoms with Crippen molar-refractivity contribution in [1.29, 1.82) is 0 Å². The van der Waals surface area contributed by atoms with E-state index in [4.69, 9.17) is 0 Å². The van der Waals surface area contributed by atoms with E-state index in [1.165, 1.54) is 18.2 Å². The van der Waals surface area contributed by atoms with Crippen molar-refractivity contribution in [1.82, 2.24) is 4.72 Å². The number of sulfonamides is 1. The Morgan fingerprint density at radius 1 is 1.56 bits per heavy atom. The molecule has 1 aromatic carbocycles. The highest BCUT2D eigenvalue weighted by atomic mass is 79.9. The molecule has 0 aliphatic heterocycles. The van der Waals surface area contributed by atoms with E-state index < -0.39 is 26.7 Å². The fourth-order valence-corrected chi connectivity index (χ4v) is 3.14. The van der Waals surface area contributed by atoms with Gasteiger partial charge in [-0.15, -0.1) is 6.58 Å². The Bertz CT molecular complexity index is 586. The number of hydrogen-bond acceptors (Lipinski definition) is 4. The molecule has 0 spiro atoms. The molecule has 1 aromatic rings. The lowest BCUT2D eigenvalue weighted by molar-refractivity contribution is -0.387. The van der Waals surface area contributed by atoms with Gasteiger partial charge < -0.3 is 0 Å². The highest BCUT2D eigenvalue weighted by Gasteiger charge is 2.26. The van der Waals surface area contributed by atoms with Gasteiger partial charge in [-0.2, -0.15) is 0 Å². The molecule has 1 unspecified atom stereocenters. The lowest BCUT2D eigenvalue weighted by atomic mass is 10.3. The van der Waals surface area contributed by atoms with Gasteiger partial charge in [-0.1, -0.05) is 22.0 Å². The highest BCUT2D eigenvalue weighted by Crippen LogP contribution is 2.27. The van der Waals surface area contributed by atoms with Gasteiger partial charge in [0, 0.05) is 16.6 Å². The van der Waals surface area contributed by atoms with Gasteiger partial charge in [-0.25, -0.2) is 13.1 Å². The lowest BCUT2D eigenvalue weighted by Gasteiger charge is -2.10. The molecular formula is C10H11BrN2O4S. The second-order valence-electron chi connectivity index (χ2n) is 3.51. The molecular weight excluding hydrogens is 324 g/mol. The molecule has 1 N–H and O–H groups in total. The van der Waals surface area contributed by atoms with Gasteiger partial charge in [0.15, 0.2) is 4.90 Å². The molecule has 0 saturated heterocycles. The van der Waals surface area contributed by atoms with Gasteiger partial charge in [-0.3, -0.25) is 10.1 Å². The lowest BCUT2D eigenvalue weighted by Crippen LogP contribution is -2.31. The Labute approximate surface area is 113 Å². The number of nitro groups is 1. The maximum Gasteiger partial charge on any atom is 0.289 e. The number of hydrogen-bond donors (Lipinski definition) is 1. The van der Waals surface area contributed by atoms with Crippen LogP contribution in [0.4, 0.5) is 5.69 Å². The summed E-state index contributed by atoms with van der Waals surface area (Å²) >= 11 is 3.09. The topological polar surface area (TPSA) is 89.3 Å². The average Bonchev–Trinajstić information content (AvgIpc) is 2.27. The Hall–Kier alpha value is -1.25. The predicted molar refractivity (Wildman–Crippen MR) is 70.8 cm³/mol. The monoisotopic (exact) mass is 334 g/mol. The molecule has 0 saturated carbocycles. The van der Waals surface area contributed by atoms with Crippen LogP contribution in [0, 0.1) is 10.1 Å². The number of rotatable bonds is 5. The van der Waals surface area contributed by atoms with Crippen molar-refractivity contribution in [2.45, 2.75) is 17.9 Å². The van der Waals surface area contributed by atoms with E-state index in [1.54, 1.807) is 6.92 Å². The van der Waals surface area contributed by atoms with E-state index in [1.807, 2.05) is 0 Å².